The summed E-state index contributed by atoms with van der Waals surface area (Å²) in [6.07, 6.45) is -0.717. The van der Waals surface area contributed by atoms with E-state index < -0.39 is 25.4 Å². The van der Waals surface area contributed by atoms with Crippen LogP contribution < -0.4 is 0 Å². The average molecular weight is 416 g/mol. The second-order valence-corrected chi connectivity index (χ2v) is 13.3. The fraction of sp³-hybridized carbons (Fsp3) is 0.409. The number of carbonyl (C=O) groups is 1. The molecule has 0 aliphatic heterocycles. The normalized spacial score (nSPS) is 14.2. The molecule has 2 atom stereocenters. The lowest BCUT2D eigenvalue weighted by Gasteiger charge is -2.40. The maximum absolute atomic E-state index is 12.0. The Hall–Kier alpha value is -2.35. The number of non-ortho nitro benzene ring substituents is 1. The van der Waals surface area contributed by atoms with Crippen LogP contribution in [0, 0.1) is 10.1 Å². The second kappa shape index (κ2) is 9.43. The summed E-state index contributed by atoms with van der Waals surface area (Å²) in [6.45, 7) is 10.8. The van der Waals surface area contributed by atoms with Crippen LogP contribution in [0.2, 0.25) is 18.1 Å². The zero-order valence-corrected chi connectivity index (χ0v) is 18.6. The molecule has 0 saturated carbocycles. The summed E-state index contributed by atoms with van der Waals surface area (Å²) in [4.78, 5) is 22.5. The minimum absolute atomic E-state index is 0.00677. The number of nitro groups is 1. The SMILES string of the molecule is CC(C)(C)[Si](C)(C)O[C@H](c1ccc([N+](=O)[O-])cc1)[C@@H](C=O)OCc1ccccc1. The van der Waals surface area contributed by atoms with Crippen LogP contribution in [-0.2, 0) is 20.6 Å². The first-order valence-corrected chi connectivity index (χ1v) is 12.5. The highest BCUT2D eigenvalue weighted by atomic mass is 28.4. The highest BCUT2D eigenvalue weighted by Gasteiger charge is 2.41. The number of rotatable bonds is 9. The third-order valence-corrected chi connectivity index (χ3v) is 9.83. The molecule has 0 aromatic heterocycles. The smallest absolute Gasteiger partial charge is 0.269 e. The Labute approximate surface area is 173 Å². The van der Waals surface area contributed by atoms with Crippen LogP contribution in [-0.4, -0.2) is 25.6 Å². The predicted octanol–water partition coefficient (Wildman–Crippen LogP) is 5.44. The van der Waals surface area contributed by atoms with E-state index in [9.17, 15) is 14.9 Å². The molecule has 0 aliphatic carbocycles. The summed E-state index contributed by atoms with van der Waals surface area (Å²) in [6, 6.07) is 15.7. The van der Waals surface area contributed by atoms with Crippen molar-refractivity contribution in [1.29, 1.82) is 0 Å². The number of nitro benzene ring substituents is 1. The van der Waals surface area contributed by atoms with E-state index in [0.717, 1.165) is 11.8 Å². The van der Waals surface area contributed by atoms with Crippen LogP contribution in [0.1, 0.15) is 38.0 Å². The Kier molecular flexibility index (Phi) is 7.46. The van der Waals surface area contributed by atoms with Crippen molar-refractivity contribution in [3.63, 3.8) is 0 Å². The Morgan fingerprint density at radius 2 is 1.66 bits per heavy atom. The van der Waals surface area contributed by atoms with E-state index in [1.807, 2.05) is 30.3 Å². The van der Waals surface area contributed by atoms with Gasteiger partial charge in [0.15, 0.2) is 14.6 Å². The number of ether oxygens (including phenoxy) is 1. The quantitative estimate of drug-likeness (QED) is 0.236. The summed E-state index contributed by atoms with van der Waals surface area (Å²) in [7, 11) is -2.25. The van der Waals surface area contributed by atoms with Crippen molar-refractivity contribution in [2.24, 2.45) is 0 Å². The molecule has 2 aromatic rings. The lowest BCUT2D eigenvalue weighted by atomic mass is 10.0. The van der Waals surface area contributed by atoms with Gasteiger partial charge in [-0.15, -0.1) is 0 Å². The lowest BCUT2D eigenvalue weighted by molar-refractivity contribution is -0.384. The van der Waals surface area contributed by atoms with Gasteiger partial charge in [-0.1, -0.05) is 51.1 Å². The maximum Gasteiger partial charge on any atom is 0.269 e. The molecule has 0 heterocycles. The Morgan fingerprint density at radius 3 is 2.14 bits per heavy atom. The molecule has 0 unspecified atom stereocenters. The van der Waals surface area contributed by atoms with E-state index in [1.54, 1.807) is 12.1 Å². The van der Waals surface area contributed by atoms with Gasteiger partial charge in [0.1, 0.15) is 12.2 Å². The zero-order valence-electron chi connectivity index (χ0n) is 17.6. The van der Waals surface area contributed by atoms with Crippen LogP contribution >= 0.6 is 0 Å². The molecule has 0 N–H and O–H groups in total. The van der Waals surface area contributed by atoms with Gasteiger partial charge in [0.05, 0.1) is 11.5 Å². The third-order valence-electron chi connectivity index (χ3n) is 5.38. The fourth-order valence-corrected chi connectivity index (χ4v) is 3.83. The first-order valence-electron chi connectivity index (χ1n) is 9.58. The molecule has 29 heavy (non-hydrogen) atoms. The molecule has 0 spiro atoms. The predicted molar refractivity (Wildman–Crippen MR) is 115 cm³/mol. The molecule has 7 heteroatoms. The molecular weight excluding hydrogens is 386 g/mol. The van der Waals surface area contributed by atoms with Crippen molar-refractivity contribution in [3.8, 4) is 0 Å². The Morgan fingerprint density at radius 1 is 1.07 bits per heavy atom. The summed E-state index contributed by atoms with van der Waals surface area (Å²) in [5, 5.41) is 10.9. The summed E-state index contributed by atoms with van der Waals surface area (Å²) in [5.74, 6) is 0. The summed E-state index contributed by atoms with van der Waals surface area (Å²) < 4.78 is 12.5. The van der Waals surface area contributed by atoms with Gasteiger partial charge in [-0.3, -0.25) is 10.1 Å². The zero-order chi connectivity index (χ0) is 21.7. The standard InChI is InChI=1S/C22H29NO5Si/c1-22(2,3)29(4,5)28-21(18-11-13-19(14-12-18)23(25)26)20(15-24)27-16-17-9-7-6-8-10-17/h6-15,20-21H,16H2,1-5H3/t20-,21-/m1/s1. The van der Waals surface area contributed by atoms with Gasteiger partial charge < -0.3 is 14.0 Å². The minimum atomic E-state index is -2.25. The van der Waals surface area contributed by atoms with Gasteiger partial charge in [0.25, 0.3) is 5.69 Å². The van der Waals surface area contributed by atoms with Crippen molar-refractivity contribution in [2.45, 2.75) is 57.7 Å². The molecule has 0 aliphatic rings. The first-order chi connectivity index (χ1) is 13.5. The number of aldehydes is 1. The molecule has 0 saturated heterocycles. The number of carbonyl (C=O) groups excluding carboxylic acids is 1. The minimum Gasteiger partial charge on any atom is -0.407 e. The van der Waals surface area contributed by atoms with E-state index in [4.69, 9.17) is 9.16 Å². The van der Waals surface area contributed by atoms with Gasteiger partial charge in [0.2, 0.25) is 0 Å². The molecule has 0 radical (unpaired) electrons. The largest absolute Gasteiger partial charge is 0.407 e. The van der Waals surface area contributed by atoms with Gasteiger partial charge >= 0.3 is 0 Å². The van der Waals surface area contributed by atoms with E-state index in [0.29, 0.717) is 5.56 Å². The highest BCUT2D eigenvalue weighted by Crippen LogP contribution is 2.41. The molecule has 2 rings (SSSR count). The second-order valence-electron chi connectivity index (χ2n) is 8.54. The molecular formula is C22H29NO5Si. The van der Waals surface area contributed by atoms with Crippen LogP contribution in [0.4, 0.5) is 5.69 Å². The Bertz CT molecular complexity index is 815. The van der Waals surface area contributed by atoms with Crippen molar-refractivity contribution in [1.82, 2.24) is 0 Å². The highest BCUT2D eigenvalue weighted by molar-refractivity contribution is 6.74. The van der Waals surface area contributed by atoms with Crippen LogP contribution in [0.3, 0.4) is 0 Å². The number of hydrogen-bond acceptors (Lipinski definition) is 5. The van der Waals surface area contributed by atoms with Gasteiger partial charge in [0, 0.05) is 12.1 Å². The van der Waals surface area contributed by atoms with Crippen LogP contribution in [0.25, 0.3) is 0 Å². The lowest BCUT2D eigenvalue weighted by Crippen LogP contribution is -2.44. The van der Waals surface area contributed by atoms with Crippen LogP contribution in [0.5, 0.6) is 0 Å². The first kappa shape index (κ1) is 22.9. The van der Waals surface area contributed by atoms with Gasteiger partial charge in [-0.25, -0.2) is 0 Å². The molecule has 0 fully saturated rings. The molecule has 0 amide bonds. The average Bonchev–Trinajstić information content (AvgIpc) is 2.67. The number of nitrogens with zero attached hydrogens (tertiary/aromatic N) is 1. The van der Waals surface area contributed by atoms with Crippen molar-refractivity contribution in [3.05, 3.63) is 75.8 Å². The van der Waals surface area contributed by atoms with Crippen molar-refractivity contribution in [2.75, 3.05) is 0 Å². The van der Waals surface area contributed by atoms with Crippen molar-refractivity contribution < 1.29 is 18.9 Å². The maximum atomic E-state index is 12.0. The molecule has 6 nitrogen and oxygen atoms in total. The fourth-order valence-electron chi connectivity index (χ4n) is 2.57. The van der Waals surface area contributed by atoms with Crippen molar-refractivity contribution >= 4 is 20.3 Å². The van der Waals surface area contributed by atoms with E-state index in [2.05, 4.69) is 33.9 Å². The van der Waals surface area contributed by atoms with Crippen LogP contribution in [0.15, 0.2) is 54.6 Å². The topological polar surface area (TPSA) is 78.7 Å². The number of hydrogen-bond donors (Lipinski definition) is 0. The van der Waals surface area contributed by atoms with Gasteiger partial charge in [-0.2, -0.15) is 0 Å². The molecule has 0 bridgehead atoms. The Balaban J connectivity index is 2.33. The van der Waals surface area contributed by atoms with E-state index >= 15 is 0 Å². The third kappa shape index (κ3) is 6.06. The summed E-state index contributed by atoms with van der Waals surface area (Å²) in [5.41, 5.74) is 1.63. The van der Waals surface area contributed by atoms with E-state index in [1.165, 1.54) is 12.1 Å². The molecule has 2 aromatic carbocycles. The molecule has 156 valence electrons. The number of benzene rings is 2. The monoisotopic (exact) mass is 415 g/mol. The van der Waals surface area contributed by atoms with Gasteiger partial charge in [-0.05, 0) is 41.4 Å². The van der Waals surface area contributed by atoms with E-state index in [-0.39, 0.29) is 17.3 Å². The summed E-state index contributed by atoms with van der Waals surface area (Å²) >= 11 is 0.